The van der Waals surface area contributed by atoms with Crippen molar-refractivity contribution in [2.45, 2.75) is 19.3 Å². The summed E-state index contributed by atoms with van der Waals surface area (Å²) in [7, 11) is 1.86. The predicted molar refractivity (Wildman–Crippen MR) is 113 cm³/mol. The van der Waals surface area contributed by atoms with Crippen molar-refractivity contribution in [2.24, 2.45) is 7.05 Å². The van der Waals surface area contributed by atoms with Crippen LogP contribution in [0.15, 0.2) is 55.0 Å². The standard InChI is InChI=1S/C22H20N6O/c1-28-13-16(11-24-28)21-12-23-19-8-7-18(10-20(19)27-21)26-22(29)25-17-6-5-14-3-2-4-15(14)9-17/h5-13H,2-4H2,1H3,(H2,25,26,29). The van der Waals surface area contributed by atoms with Gasteiger partial charge in [0.15, 0.2) is 0 Å². The molecule has 0 unspecified atom stereocenters. The summed E-state index contributed by atoms with van der Waals surface area (Å²) in [5, 5.41) is 9.97. The number of hydrogen-bond donors (Lipinski definition) is 2. The highest BCUT2D eigenvalue weighted by Gasteiger charge is 2.12. The SMILES string of the molecule is Cn1cc(-c2cnc3ccc(NC(=O)Nc4ccc5c(c4)CCC5)cc3n2)cn1. The molecule has 5 rings (SSSR count). The number of anilines is 2. The van der Waals surface area contributed by atoms with Crippen molar-refractivity contribution in [3.05, 3.63) is 66.1 Å². The van der Waals surface area contributed by atoms with Crippen molar-refractivity contribution in [1.82, 2.24) is 19.7 Å². The van der Waals surface area contributed by atoms with Crippen LogP contribution in [0.3, 0.4) is 0 Å². The van der Waals surface area contributed by atoms with E-state index in [0.29, 0.717) is 11.2 Å². The number of rotatable bonds is 3. The van der Waals surface area contributed by atoms with E-state index in [1.54, 1.807) is 17.1 Å². The fourth-order valence-corrected chi connectivity index (χ4v) is 3.72. The summed E-state index contributed by atoms with van der Waals surface area (Å²) < 4.78 is 1.72. The van der Waals surface area contributed by atoms with Crippen molar-refractivity contribution in [3.63, 3.8) is 0 Å². The number of amides is 2. The first-order chi connectivity index (χ1) is 14.1. The molecule has 2 N–H and O–H groups in total. The van der Waals surface area contributed by atoms with Crippen LogP contribution < -0.4 is 10.6 Å². The molecule has 1 aliphatic rings. The van der Waals surface area contributed by atoms with Crippen molar-refractivity contribution in [1.29, 1.82) is 0 Å². The molecule has 0 atom stereocenters. The zero-order chi connectivity index (χ0) is 19.8. The fraction of sp³-hybridized carbons (Fsp3) is 0.182. The summed E-state index contributed by atoms with van der Waals surface area (Å²) in [4.78, 5) is 21.6. The van der Waals surface area contributed by atoms with E-state index >= 15 is 0 Å². The minimum atomic E-state index is -0.279. The lowest BCUT2D eigenvalue weighted by Gasteiger charge is -2.10. The average molecular weight is 384 g/mol. The molecule has 0 saturated carbocycles. The molecule has 0 fully saturated rings. The predicted octanol–water partition coefficient (Wildman–Crippen LogP) is 4.16. The van der Waals surface area contributed by atoms with Crippen LogP contribution in [-0.2, 0) is 19.9 Å². The minimum Gasteiger partial charge on any atom is -0.308 e. The van der Waals surface area contributed by atoms with Gasteiger partial charge < -0.3 is 10.6 Å². The third-order valence-electron chi connectivity index (χ3n) is 5.16. The van der Waals surface area contributed by atoms with Crippen LogP contribution in [0, 0.1) is 0 Å². The Morgan fingerprint density at radius 2 is 1.76 bits per heavy atom. The molecule has 0 radical (unpaired) electrons. The average Bonchev–Trinajstić information content (AvgIpc) is 3.35. The summed E-state index contributed by atoms with van der Waals surface area (Å²) in [6.45, 7) is 0. The summed E-state index contributed by atoms with van der Waals surface area (Å²) in [6, 6.07) is 11.3. The number of urea groups is 1. The molecule has 2 heterocycles. The molecule has 2 amide bonds. The molecule has 0 spiro atoms. The molecule has 144 valence electrons. The second-order valence-corrected chi connectivity index (χ2v) is 7.28. The molecule has 29 heavy (non-hydrogen) atoms. The Morgan fingerprint density at radius 1 is 0.966 bits per heavy atom. The van der Waals surface area contributed by atoms with Gasteiger partial charge >= 0.3 is 6.03 Å². The van der Waals surface area contributed by atoms with Gasteiger partial charge in [-0.05, 0) is 60.7 Å². The number of hydrogen-bond acceptors (Lipinski definition) is 4. The van der Waals surface area contributed by atoms with E-state index in [1.165, 1.54) is 17.5 Å². The number of carbonyl (C=O) groups is 1. The van der Waals surface area contributed by atoms with E-state index in [2.05, 4.69) is 37.8 Å². The molecule has 0 aliphatic heterocycles. The Bertz CT molecular complexity index is 1230. The molecule has 1 aliphatic carbocycles. The first kappa shape index (κ1) is 17.4. The molecular formula is C22H20N6O. The third kappa shape index (κ3) is 3.54. The lowest BCUT2D eigenvalue weighted by atomic mass is 10.1. The van der Waals surface area contributed by atoms with Crippen LogP contribution in [0.25, 0.3) is 22.3 Å². The van der Waals surface area contributed by atoms with E-state index in [1.807, 2.05) is 37.5 Å². The Balaban J connectivity index is 1.35. The molecule has 4 aromatic rings. The molecule has 0 saturated heterocycles. The van der Waals surface area contributed by atoms with Gasteiger partial charge in [0.2, 0.25) is 0 Å². The lowest BCUT2D eigenvalue weighted by molar-refractivity contribution is 0.262. The van der Waals surface area contributed by atoms with Crippen LogP contribution in [0.5, 0.6) is 0 Å². The van der Waals surface area contributed by atoms with E-state index in [4.69, 9.17) is 0 Å². The Morgan fingerprint density at radius 3 is 2.59 bits per heavy atom. The zero-order valence-electron chi connectivity index (χ0n) is 16.0. The van der Waals surface area contributed by atoms with Gasteiger partial charge in [0, 0.05) is 30.2 Å². The quantitative estimate of drug-likeness (QED) is 0.555. The number of fused-ring (bicyclic) bond motifs is 2. The maximum atomic E-state index is 12.4. The highest BCUT2D eigenvalue weighted by atomic mass is 16.2. The number of aromatic nitrogens is 4. The van der Waals surface area contributed by atoms with Gasteiger partial charge in [-0.3, -0.25) is 9.67 Å². The largest absolute Gasteiger partial charge is 0.323 e. The fourth-order valence-electron chi connectivity index (χ4n) is 3.72. The first-order valence-corrected chi connectivity index (χ1v) is 9.60. The number of aryl methyl sites for hydroxylation is 3. The molecular weight excluding hydrogens is 364 g/mol. The zero-order valence-corrected chi connectivity index (χ0v) is 16.0. The van der Waals surface area contributed by atoms with Gasteiger partial charge in [-0.15, -0.1) is 0 Å². The van der Waals surface area contributed by atoms with Crippen molar-refractivity contribution in [2.75, 3.05) is 10.6 Å². The van der Waals surface area contributed by atoms with Gasteiger partial charge in [-0.25, -0.2) is 9.78 Å². The topological polar surface area (TPSA) is 84.7 Å². The molecule has 0 bridgehead atoms. The van der Waals surface area contributed by atoms with Crippen LogP contribution in [0.2, 0.25) is 0 Å². The molecule has 7 heteroatoms. The maximum absolute atomic E-state index is 12.4. The van der Waals surface area contributed by atoms with Gasteiger partial charge in [0.25, 0.3) is 0 Å². The highest BCUT2D eigenvalue weighted by Crippen LogP contribution is 2.25. The normalized spacial score (nSPS) is 12.7. The summed E-state index contributed by atoms with van der Waals surface area (Å²) in [6.07, 6.45) is 8.76. The van der Waals surface area contributed by atoms with E-state index in [-0.39, 0.29) is 6.03 Å². The van der Waals surface area contributed by atoms with E-state index in [9.17, 15) is 4.79 Å². The van der Waals surface area contributed by atoms with Crippen LogP contribution in [0.4, 0.5) is 16.2 Å². The molecule has 2 aromatic heterocycles. The second kappa shape index (κ2) is 7.01. The van der Waals surface area contributed by atoms with Crippen molar-refractivity contribution >= 4 is 28.4 Å². The highest BCUT2D eigenvalue weighted by molar-refractivity contribution is 6.00. The smallest absolute Gasteiger partial charge is 0.308 e. The van der Waals surface area contributed by atoms with Crippen molar-refractivity contribution in [3.8, 4) is 11.3 Å². The molecule has 7 nitrogen and oxygen atoms in total. The van der Waals surface area contributed by atoms with E-state index in [0.717, 1.165) is 35.3 Å². The Labute approximate surface area is 167 Å². The maximum Gasteiger partial charge on any atom is 0.323 e. The summed E-state index contributed by atoms with van der Waals surface area (Å²) in [5.74, 6) is 0. The van der Waals surface area contributed by atoms with Gasteiger partial charge in [-0.1, -0.05) is 6.07 Å². The van der Waals surface area contributed by atoms with Crippen molar-refractivity contribution < 1.29 is 4.79 Å². The van der Waals surface area contributed by atoms with E-state index < -0.39 is 0 Å². The number of nitrogens with zero attached hydrogens (tertiary/aromatic N) is 4. The minimum absolute atomic E-state index is 0.279. The van der Waals surface area contributed by atoms with Gasteiger partial charge in [0.1, 0.15) is 0 Å². The Hall–Kier alpha value is -3.74. The molecule has 2 aromatic carbocycles. The number of nitrogens with one attached hydrogen (secondary N) is 2. The lowest BCUT2D eigenvalue weighted by Crippen LogP contribution is -2.19. The number of carbonyl (C=O) groups excluding carboxylic acids is 1. The van der Waals surface area contributed by atoms with Crippen LogP contribution in [-0.4, -0.2) is 25.8 Å². The monoisotopic (exact) mass is 384 g/mol. The summed E-state index contributed by atoms with van der Waals surface area (Å²) in [5.41, 5.74) is 7.29. The Kier molecular flexibility index (Phi) is 4.20. The number of benzene rings is 2. The second-order valence-electron chi connectivity index (χ2n) is 7.28. The summed E-state index contributed by atoms with van der Waals surface area (Å²) >= 11 is 0. The first-order valence-electron chi connectivity index (χ1n) is 9.60. The van der Waals surface area contributed by atoms with Crippen LogP contribution >= 0.6 is 0 Å². The van der Waals surface area contributed by atoms with Crippen LogP contribution in [0.1, 0.15) is 17.5 Å². The van der Waals surface area contributed by atoms with Gasteiger partial charge in [0.05, 0.1) is 29.1 Å². The third-order valence-corrected chi connectivity index (χ3v) is 5.16. The van der Waals surface area contributed by atoms with Gasteiger partial charge in [-0.2, -0.15) is 5.10 Å².